The molecule has 0 fully saturated rings. The number of methoxy groups -OCH3 is 1. The number of thiophene rings is 1. The average Bonchev–Trinajstić information content (AvgIpc) is 3.19. The van der Waals surface area contributed by atoms with Gasteiger partial charge in [0.15, 0.2) is 11.8 Å². The molecule has 0 aliphatic heterocycles. The van der Waals surface area contributed by atoms with E-state index in [-0.39, 0.29) is 0 Å². The number of benzene rings is 1. The van der Waals surface area contributed by atoms with Gasteiger partial charge in [-0.05, 0) is 30.3 Å². The standard InChI is InChI=1S/C21H22N2O5S/c1-22-20(26)19(18(25)11-24)23(2)21(27)16-8-6-14(7-9-16)4-5-15-10-17(12-28-3)29-13-15/h6-10,13,19,24H,11-12H2,1-3H3,(H,22,26). The molecule has 8 heteroatoms. The maximum Gasteiger partial charge on any atom is 0.254 e. The molecule has 2 aromatic rings. The van der Waals surface area contributed by atoms with Gasteiger partial charge in [0.05, 0.1) is 6.61 Å². The Bertz CT molecular complexity index is 924. The van der Waals surface area contributed by atoms with E-state index >= 15 is 0 Å². The van der Waals surface area contributed by atoms with Gasteiger partial charge >= 0.3 is 0 Å². The molecule has 0 bridgehead atoms. The molecule has 1 heterocycles. The van der Waals surface area contributed by atoms with Crippen molar-refractivity contribution in [3.8, 4) is 11.8 Å². The van der Waals surface area contributed by atoms with E-state index in [9.17, 15) is 14.4 Å². The maximum atomic E-state index is 12.6. The highest BCUT2D eigenvalue weighted by atomic mass is 32.1. The van der Waals surface area contributed by atoms with Crippen molar-refractivity contribution in [3.63, 3.8) is 0 Å². The van der Waals surface area contributed by atoms with Crippen LogP contribution in [0.5, 0.6) is 0 Å². The number of amides is 2. The summed E-state index contributed by atoms with van der Waals surface area (Å²) in [6.07, 6.45) is 0. The zero-order valence-electron chi connectivity index (χ0n) is 16.4. The highest BCUT2D eigenvalue weighted by Gasteiger charge is 2.32. The van der Waals surface area contributed by atoms with E-state index in [1.807, 2.05) is 11.4 Å². The third-order valence-electron chi connectivity index (χ3n) is 4.09. The summed E-state index contributed by atoms with van der Waals surface area (Å²) in [6.45, 7) is -0.286. The molecule has 152 valence electrons. The van der Waals surface area contributed by atoms with E-state index in [1.165, 1.54) is 14.1 Å². The fourth-order valence-electron chi connectivity index (χ4n) is 2.59. The van der Waals surface area contributed by atoms with Crippen LogP contribution in [0.1, 0.15) is 26.4 Å². The van der Waals surface area contributed by atoms with Crippen LogP contribution < -0.4 is 5.32 Å². The van der Waals surface area contributed by atoms with Crippen LogP contribution in [0.3, 0.4) is 0 Å². The van der Waals surface area contributed by atoms with E-state index in [0.29, 0.717) is 12.2 Å². The van der Waals surface area contributed by atoms with Gasteiger partial charge in [-0.1, -0.05) is 11.8 Å². The Labute approximate surface area is 173 Å². The molecule has 29 heavy (non-hydrogen) atoms. The summed E-state index contributed by atoms with van der Waals surface area (Å²) >= 11 is 1.57. The van der Waals surface area contributed by atoms with Crippen LogP contribution in [0.4, 0.5) is 0 Å². The first-order valence-electron chi connectivity index (χ1n) is 8.72. The Morgan fingerprint density at radius 2 is 1.86 bits per heavy atom. The zero-order valence-corrected chi connectivity index (χ0v) is 17.2. The molecule has 0 spiro atoms. The average molecular weight is 414 g/mol. The minimum atomic E-state index is -1.39. The number of carbonyl (C=O) groups excluding carboxylic acids is 3. The molecule has 0 radical (unpaired) electrons. The number of likely N-dealkylation sites (N-methyl/N-ethyl adjacent to an activating group) is 2. The molecule has 0 aliphatic carbocycles. The Kier molecular flexibility index (Phi) is 8.09. The van der Waals surface area contributed by atoms with Crippen LogP contribution in [0.25, 0.3) is 0 Å². The van der Waals surface area contributed by atoms with Crippen LogP contribution >= 0.6 is 11.3 Å². The van der Waals surface area contributed by atoms with Crippen molar-refractivity contribution in [2.24, 2.45) is 0 Å². The van der Waals surface area contributed by atoms with Gasteiger partial charge < -0.3 is 20.1 Å². The van der Waals surface area contributed by atoms with Gasteiger partial charge in [0.25, 0.3) is 5.91 Å². The van der Waals surface area contributed by atoms with Crippen LogP contribution in [-0.2, 0) is 20.9 Å². The van der Waals surface area contributed by atoms with Crippen molar-refractivity contribution in [3.05, 3.63) is 57.3 Å². The molecule has 0 aliphatic rings. The minimum Gasteiger partial charge on any atom is -0.388 e. The van der Waals surface area contributed by atoms with Gasteiger partial charge in [0.1, 0.15) is 6.61 Å². The van der Waals surface area contributed by atoms with Crippen molar-refractivity contribution in [2.45, 2.75) is 12.6 Å². The molecular weight excluding hydrogens is 392 g/mol. The number of aliphatic hydroxyl groups is 1. The van der Waals surface area contributed by atoms with E-state index in [2.05, 4.69) is 17.2 Å². The zero-order chi connectivity index (χ0) is 21.4. The Hall–Kier alpha value is -2.99. The van der Waals surface area contributed by atoms with Crippen LogP contribution in [-0.4, -0.2) is 61.5 Å². The third kappa shape index (κ3) is 5.74. The maximum absolute atomic E-state index is 12.6. The lowest BCUT2D eigenvalue weighted by molar-refractivity contribution is -0.135. The van der Waals surface area contributed by atoms with Crippen molar-refractivity contribution in [2.75, 3.05) is 27.8 Å². The first-order chi connectivity index (χ1) is 13.9. The lowest BCUT2D eigenvalue weighted by atomic mass is 10.1. The molecule has 1 unspecified atom stereocenters. The second-order valence-corrected chi connectivity index (χ2v) is 7.12. The minimum absolute atomic E-state index is 0.301. The molecule has 2 rings (SSSR count). The molecule has 1 aromatic carbocycles. The molecule has 1 atom stereocenters. The molecule has 0 saturated carbocycles. The van der Waals surface area contributed by atoms with E-state index < -0.39 is 30.2 Å². The number of aliphatic hydroxyl groups excluding tert-OH is 1. The van der Waals surface area contributed by atoms with Crippen LogP contribution in [0.15, 0.2) is 35.7 Å². The van der Waals surface area contributed by atoms with Gasteiger partial charge in [-0.3, -0.25) is 14.4 Å². The summed E-state index contributed by atoms with van der Waals surface area (Å²) in [7, 11) is 4.34. The van der Waals surface area contributed by atoms with Crippen molar-refractivity contribution in [1.29, 1.82) is 0 Å². The lowest BCUT2D eigenvalue weighted by Crippen LogP contribution is -2.52. The monoisotopic (exact) mass is 414 g/mol. The Morgan fingerprint density at radius 3 is 2.45 bits per heavy atom. The van der Waals surface area contributed by atoms with Gasteiger partial charge in [-0.2, -0.15) is 0 Å². The summed E-state index contributed by atoms with van der Waals surface area (Å²) in [5.41, 5.74) is 1.91. The topological polar surface area (TPSA) is 95.9 Å². The number of carbonyl (C=O) groups is 3. The van der Waals surface area contributed by atoms with E-state index in [4.69, 9.17) is 9.84 Å². The summed E-state index contributed by atoms with van der Waals surface area (Å²) < 4.78 is 5.09. The second kappa shape index (κ2) is 10.5. The highest BCUT2D eigenvalue weighted by molar-refractivity contribution is 7.10. The second-order valence-electron chi connectivity index (χ2n) is 6.12. The lowest BCUT2D eigenvalue weighted by Gasteiger charge is -2.25. The quantitative estimate of drug-likeness (QED) is 0.521. The Morgan fingerprint density at radius 1 is 1.21 bits per heavy atom. The summed E-state index contributed by atoms with van der Waals surface area (Å²) in [4.78, 5) is 38.6. The van der Waals surface area contributed by atoms with Crippen molar-refractivity contribution < 1.29 is 24.2 Å². The number of ether oxygens (including phenoxy) is 1. The fraction of sp³-hybridized carbons (Fsp3) is 0.286. The summed E-state index contributed by atoms with van der Waals surface area (Å²) in [6, 6.07) is 7.12. The Balaban J connectivity index is 2.14. The van der Waals surface area contributed by atoms with Crippen molar-refractivity contribution in [1.82, 2.24) is 10.2 Å². The van der Waals surface area contributed by atoms with E-state index in [0.717, 1.165) is 20.9 Å². The van der Waals surface area contributed by atoms with Crippen molar-refractivity contribution >= 4 is 28.9 Å². The number of nitrogens with one attached hydrogen (secondary N) is 1. The molecule has 1 aromatic heterocycles. The molecule has 7 nitrogen and oxygen atoms in total. The fourth-order valence-corrected chi connectivity index (χ4v) is 3.37. The first kappa shape index (κ1) is 22.3. The predicted octanol–water partition coefficient (Wildman–Crippen LogP) is 1.04. The van der Waals surface area contributed by atoms with Crippen LogP contribution in [0.2, 0.25) is 0 Å². The van der Waals surface area contributed by atoms with Gasteiger partial charge in [0, 0.05) is 48.2 Å². The normalized spacial score (nSPS) is 11.2. The predicted molar refractivity (Wildman–Crippen MR) is 109 cm³/mol. The third-order valence-corrected chi connectivity index (χ3v) is 5.00. The number of ketones is 1. The summed E-state index contributed by atoms with van der Waals surface area (Å²) in [5.74, 6) is 4.16. The smallest absolute Gasteiger partial charge is 0.254 e. The molecule has 2 amide bonds. The number of Topliss-reactive ketones (excluding diaryl/α,β-unsaturated/α-hetero) is 1. The number of rotatable bonds is 7. The number of hydrogen-bond acceptors (Lipinski definition) is 6. The highest BCUT2D eigenvalue weighted by Crippen LogP contribution is 2.15. The van der Waals surface area contributed by atoms with E-state index in [1.54, 1.807) is 42.7 Å². The molecular formula is C21H22N2O5S. The SMILES string of the molecule is CNC(=O)C(C(=O)CO)N(C)C(=O)c1ccc(C#Cc2csc(COC)c2)cc1. The van der Waals surface area contributed by atoms with Crippen LogP contribution in [0, 0.1) is 11.8 Å². The number of nitrogens with zero attached hydrogens (tertiary/aromatic N) is 1. The van der Waals surface area contributed by atoms with Gasteiger partial charge in [-0.25, -0.2) is 0 Å². The molecule has 0 saturated heterocycles. The number of hydrogen-bond donors (Lipinski definition) is 2. The van der Waals surface area contributed by atoms with Gasteiger partial charge in [-0.15, -0.1) is 11.3 Å². The first-order valence-corrected chi connectivity index (χ1v) is 9.60. The summed E-state index contributed by atoms with van der Waals surface area (Å²) in [5, 5.41) is 13.4. The largest absolute Gasteiger partial charge is 0.388 e. The molecule has 2 N–H and O–H groups in total. The van der Waals surface area contributed by atoms with Gasteiger partial charge in [0.2, 0.25) is 5.91 Å².